The van der Waals surface area contributed by atoms with Gasteiger partial charge < -0.3 is 4.74 Å². The molecule has 0 radical (unpaired) electrons. The molecule has 0 amide bonds. The predicted molar refractivity (Wildman–Crippen MR) is 85.9 cm³/mol. The third-order valence-electron chi connectivity index (χ3n) is 4.06. The van der Waals surface area contributed by atoms with Gasteiger partial charge in [-0.3, -0.25) is 11.3 Å². The second-order valence-electron chi connectivity index (χ2n) is 5.42. The first-order valence-electron chi connectivity index (χ1n) is 7.40. The fourth-order valence-corrected chi connectivity index (χ4v) is 3.68. The standard InChI is InChI=1S/C16H21N3OS/c17-19-14(13-6-8-20-9-7-13)10-16-18-15(11-21-16)12-4-2-1-3-5-12/h1-5,11,13-14,19H,6-10,17H2. The molecule has 1 saturated heterocycles. The minimum atomic E-state index is 0.281. The van der Waals surface area contributed by atoms with Crippen LogP contribution in [0.4, 0.5) is 0 Å². The average molecular weight is 303 g/mol. The van der Waals surface area contributed by atoms with E-state index in [0.29, 0.717) is 5.92 Å². The molecule has 2 heterocycles. The summed E-state index contributed by atoms with van der Waals surface area (Å²) in [4.78, 5) is 4.75. The van der Waals surface area contributed by atoms with Crippen molar-refractivity contribution in [3.05, 3.63) is 40.7 Å². The summed E-state index contributed by atoms with van der Waals surface area (Å²) in [6, 6.07) is 10.6. The van der Waals surface area contributed by atoms with Crippen LogP contribution in [0.1, 0.15) is 17.8 Å². The predicted octanol–water partition coefficient (Wildman–Crippen LogP) is 2.61. The van der Waals surface area contributed by atoms with Crippen LogP contribution in [0.25, 0.3) is 11.3 Å². The monoisotopic (exact) mass is 303 g/mol. The molecular weight excluding hydrogens is 282 g/mol. The van der Waals surface area contributed by atoms with E-state index in [9.17, 15) is 0 Å². The van der Waals surface area contributed by atoms with Crippen molar-refractivity contribution in [3.8, 4) is 11.3 Å². The molecule has 1 atom stereocenters. The van der Waals surface area contributed by atoms with Gasteiger partial charge in [-0.1, -0.05) is 30.3 Å². The first-order valence-corrected chi connectivity index (χ1v) is 8.28. The fourth-order valence-electron chi connectivity index (χ4n) is 2.81. The maximum Gasteiger partial charge on any atom is 0.0948 e. The molecule has 21 heavy (non-hydrogen) atoms. The molecule has 1 aromatic heterocycles. The van der Waals surface area contributed by atoms with E-state index in [1.165, 1.54) is 5.56 Å². The maximum absolute atomic E-state index is 5.76. The van der Waals surface area contributed by atoms with Gasteiger partial charge in [-0.15, -0.1) is 11.3 Å². The summed E-state index contributed by atoms with van der Waals surface area (Å²) in [6.07, 6.45) is 3.04. The average Bonchev–Trinajstić information content (AvgIpc) is 3.03. The van der Waals surface area contributed by atoms with Crippen LogP contribution in [0.5, 0.6) is 0 Å². The van der Waals surface area contributed by atoms with Gasteiger partial charge in [-0.05, 0) is 18.8 Å². The van der Waals surface area contributed by atoms with E-state index in [4.69, 9.17) is 15.6 Å². The van der Waals surface area contributed by atoms with E-state index >= 15 is 0 Å². The van der Waals surface area contributed by atoms with E-state index in [-0.39, 0.29) is 6.04 Å². The normalized spacial score (nSPS) is 17.8. The van der Waals surface area contributed by atoms with E-state index in [2.05, 4.69) is 22.9 Å². The van der Waals surface area contributed by atoms with Gasteiger partial charge in [-0.2, -0.15) is 0 Å². The molecule has 1 aromatic carbocycles. The minimum Gasteiger partial charge on any atom is -0.381 e. The van der Waals surface area contributed by atoms with E-state index in [1.54, 1.807) is 11.3 Å². The lowest BCUT2D eigenvalue weighted by Gasteiger charge is -2.29. The molecule has 3 N–H and O–H groups in total. The molecule has 1 aliphatic rings. The van der Waals surface area contributed by atoms with Crippen LogP contribution in [0.15, 0.2) is 35.7 Å². The van der Waals surface area contributed by atoms with Crippen molar-refractivity contribution in [2.45, 2.75) is 25.3 Å². The summed E-state index contributed by atoms with van der Waals surface area (Å²) >= 11 is 1.71. The molecule has 0 spiro atoms. The smallest absolute Gasteiger partial charge is 0.0948 e. The molecule has 1 unspecified atom stereocenters. The lowest BCUT2D eigenvalue weighted by molar-refractivity contribution is 0.0538. The van der Waals surface area contributed by atoms with Gasteiger partial charge in [0.25, 0.3) is 0 Å². The summed E-state index contributed by atoms with van der Waals surface area (Å²) in [6.45, 7) is 1.69. The van der Waals surface area contributed by atoms with E-state index < -0.39 is 0 Å². The van der Waals surface area contributed by atoms with Crippen LogP contribution in [-0.2, 0) is 11.2 Å². The Labute approximate surface area is 129 Å². The van der Waals surface area contributed by atoms with Crippen molar-refractivity contribution >= 4 is 11.3 Å². The van der Waals surface area contributed by atoms with Crippen LogP contribution in [0, 0.1) is 5.92 Å². The third kappa shape index (κ3) is 3.68. The quantitative estimate of drug-likeness (QED) is 0.658. The number of hydrogen-bond donors (Lipinski definition) is 2. The Morgan fingerprint density at radius 3 is 2.76 bits per heavy atom. The first-order chi connectivity index (χ1) is 10.4. The summed E-state index contributed by atoms with van der Waals surface area (Å²) < 4.78 is 5.42. The van der Waals surface area contributed by atoms with Crippen molar-refractivity contribution in [1.29, 1.82) is 0 Å². The van der Waals surface area contributed by atoms with Crippen LogP contribution < -0.4 is 11.3 Å². The maximum atomic E-state index is 5.76. The van der Waals surface area contributed by atoms with Gasteiger partial charge in [0.15, 0.2) is 0 Å². The number of ether oxygens (including phenoxy) is 1. The summed E-state index contributed by atoms with van der Waals surface area (Å²) in [5.41, 5.74) is 5.20. The number of nitrogens with two attached hydrogens (primary N) is 1. The fraction of sp³-hybridized carbons (Fsp3) is 0.438. The Balaban J connectivity index is 1.68. The Morgan fingerprint density at radius 1 is 1.29 bits per heavy atom. The summed E-state index contributed by atoms with van der Waals surface area (Å²) in [5.74, 6) is 6.33. The van der Waals surface area contributed by atoms with Gasteiger partial charge in [0.1, 0.15) is 0 Å². The molecule has 4 nitrogen and oxygen atoms in total. The van der Waals surface area contributed by atoms with Crippen LogP contribution in [0.2, 0.25) is 0 Å². The Kier molecular flexibility index (Phi) is 4.98. The summed E-state index contributed by atoms with van der Waals surface area (Å²) in [5, 5.41) is 3.27. The zero-order valence-electron chi connectivity index (χ0n) is 12.0. The Hall–Kier alpha value is -1.27. The second-order valence-corrected chi connectivity index (χ2v) is 6.36. The highest BCUT2D eigenvalue weighted by molar-refractivity contribution is 7.09. The van der Waals surface area contributed by atoms with Crippen molar-refractivity contribution < 1.29 is 4.74 Å². The molecule has 0 saturated carbocycles. The molecule has 2 aromatic rings. The highest BCUT2D eigenvalue weighted by Gasteiger charge is 2.24. The molecule has 0 aliphatic carbocycles. The first kappa shape index (κ1) is 14.7. The van der Waals surface area contributed by atoms with Crippen molar-refractivity contribution in [3.63, 3.8) is 0 Å². The Morgan fingerprint density at radius 2 is 2.05 bits per heavy atom. The molecule has 112 valence electrons. The third-order valence-corrected chi connectivity index (χ3v) is 4.94. The highest BCUT2D eigenvalue weighted by Crippen LogP contribution is 2.25. The number of nitrogens with zero attached hydrogens (tertiary/aromatic N) is 1. The van der Waals surface area contributed by atoms with Crippen LogP contribution in [-0.4, -0.2) is 24.2 Å². The van der Waals surface area contributed by atoms with Gasteiger partial charge in [0, 0.05) is 36.6 Å². The second kappa shape index (κ2) is 7.13. The topological polar surface area (TPSA) is 60.2 Å². The number of hydrazine groups is 1. The van der Waals surface area contributed by atoms with Gasteiger partial charge >= 0.3 is 0 Å². The van der Waals surface area contributed by atoms with Gasteiger partial charge in [0.2, 0.25) is 0 Å². The van der Waals surface area contributed by atoms with E-state index in [0.717, 1.165) is 43.2 Å². The largest absolute Gasteiger partial charge is 0.381 e. The Bertz CT molecular complexity index is 552. The molecule has 1 aliphatic heterocycles. The van der Waals surface area contributed by atoms with Crippen LogP contribution >= 0.6 is 11.3 Å². The minimum absolute atomic E-state index is 0.281. The number of aromatic nitrogens is 1. The molecule has 1 fully saturated rings. The van der Waals surface area contributed by atoms with Crippen LogP contribution in [0.3, 0.4) is 0 Å². The molecule has 0 bridgehead atoms. The lowest BCUT2D eigenvalue weighted by Crippen LogP contribution is -2.44. The highest BCUT2D eigenvalue weighted by atomic mass is 32.1. The van der Waals surface area contributed by atoms with Crippen molar-refractivity contribution in [2.75, 3.05) is 13.2 Å². The molecule has 3 rings (SSSR count). The zero-order chi connectivity index (χ0) is 14.5. The molecule has 5 heteroatoms. The number of thiazole rings is 1. The van der Waals surface area contributed by atoms with Crippen molar-refractivity contribution in [2.24, 2.45) is 11.8 Å². The van der Waals surface area contributed by atoms with Crippen molar-refractivity contribution in [1.82, 2.24) is 10.4 Å². The molecular formula is C16H21N3OS. The zero-order valence-corrected chi connectivity index (χ0v) is 12.8. The van der Waals surface area contributed by atoms with Gasteiger partial charge in [0.05, 0.1) is 10.7 Å². The number of rotatable bonds is 5. The number of nitrogens with one attached hydrogen (secondary N) is 1. The lowest BCUT2D eigenvalue weighted by atomic mass is 9.90. The number of hydrogen-bond acceptors (Lipinski definition) is 5. The summed E-state index contributed by atoms with van der Waals surface area (Å²) in [7, 11) is 0. The number of benzene rings is 1. The SMILES string of the molecule is NNC(Cc1nc(-c2ccccc2)cs1)C1CCOCC1. The van der Waals surface area contributed by atoms with E-state index in [1.807, 2.05) is 18.2 Å². The van der Waals surface area contributed by atoms with Gasteiger partial charge in [-0.25, -0.2) is 4.98 Å².